The zero-order valence-electron chi connectivity index (χ0n) is 18.5. The first kappa shape index (κ1) is 24.9. The van der Waals surface area contributed by atoms with Crippen molar-refractivity contribution < 1.29 is 32.3 Å². The second kappa shape index (κ2) is 10.9. The van der Waals surface area contributed by atoms with Gasteiger partial charge in [0.2, 0.25) is 5.76 Å². The predicted molar refractivity (Wildman–Crippen MR) is 114 cm³/mol. The van der Waals surface area contributed by atoms with Gasteiger partial charge in [-0.1, -0.05) is 18.5 Å². The summed E-state index contributed by atoms with van der Waals surface area (Å²) in [6, 6.07) is -0.418. The maximum Gasteiger partial charge on any atom is 0.376 e. The van der Waals surface area contributed by atoms with Crippen molar-refractivity contribution in [3.63, 3.8) is 0 Å². The smallest absolute Gasteiger partial charge is 0.376 e. The van der Waals surface area contributed by atoms with E-state index in [2.05, 4.69) is 20.3 Å². The Balaban J connectivity index is 1.73. The van der Waals surface area contributed by atoms with Crippen LogP contribution in [-0.4, -0.2) is 71.7 Å². The SMILES string of the molecule is CCOC(=O)c1oc(N2CC[C@H](NC(=O)c3nc(Cl)c(CC)[nH]3)[C@H](OCC(F)F)C2)nc1C. The van der Waals surface area contributed by atoms with E-state index in [0.717, 1.165) is 0 Å². The van der Waals surface area contributed by atoms with Crippen molar-refractivity contribution in [2.45, 2.75) is 52.2 Å². The van der Waals surface area contributed by atoms with Gasteiger partial charge in [-0.05, 0) is 26.7 Å². The third-order valence-corrected chi connectivity index (χ3v) is 5.44. The van der Waals surface area contributed by atoms with Crippen molar-refractivity contribution in [2.24, 2.45) is 0 Å². The Morgan fingerprint density at radius 2 is 2.12 bits per heavy atom. The van der Waals surface area contributed by atoms with Gasteiger partial charge in [-0.15, -0.1) is 0 Å². The van der Waals surface area contributed by atoms with E-state index in [-0.39, 0.29) is 35.9 Å². The summed E-state index contributed by atoms with van der Waals surface area (Å²) in [5, 5.41) is 2.99. The average Bonchev–Trinajstić information content (AvgIpc) is 3.35. The van der Waals surface area contributed by atoms with Crippen LogP contribution in [0, 0.1) is 6.92 Å². The lowest BCUT2D eigenvalue weighted by atomic mass is 10.0. The Hall–Kier alpha value is -2.73. The number of aromatic amines is 1. The minimum atomic E-state index is -2.67. The fraction of sp³-hybridized carbons (Fsp3) is 0.600. The van der Waals surface area contributed by atoms with Crippen molar-refractivity contribution in [3.8, 4) is 0 Å². The molecule has 0 unspecified atom stereocenters. The van der Waals surface area contributed by atoms with Gasteiger partial charge in [0.25, 0.3) is 18.3 Å². The molecule has 1 fully saturated rings. The first-order valence-electron chi connectivity index (χ1n) is 10.6. The molecule has 3 heterocycles. The summed E-state index contributed by atoms with van der Waals surface area (Å²) in [4.78, 5) is 37.5. The number of nitrogens with one attached hydrogen (secondary N) is 2. The Bertz CT molecular complexity index is 982. The Morgan fingerprint density at radius 3 is 2.76 bits per heavy atom. The van der Waals surface area contributed by atoms with Crippen molar-refractivity contribution in [2.75, 3.05) is 31.2 Å². The van der Waals surface area contributed by atoms with Gasteiger partial charge in [0.05, 0.1) is 36.7 Å². The van der Waals surface area contributed by atoms with Crippen LogP contribution in [0.2, 0.25) is 5.15 Å². The number of hydrogen-bond donors (Lipinski definition) is 2. The van der Waals surface area contributed by atoms with Gasteiger partial charge in [0.15, 0.2) is 11.0 Å². The molecule has 1 saturated heterocycles. The van der Waals surface area contributed by atoms with E-state index in [9.17, 15) is 18.4 Å². The molecule has 10 nitrogen and oxygen atoms in total. The number of rotatable bonds is 9. The largest absolute Gasteiger partial charge is 0.460 e. The highest BCUT2D eigenvalue weighted by atomic mass is 35.5. The molecule has 0 aliphatic carbocycles. The minimum Gasteiger partial charge on any atom is -0.460 e. The van der Waals surface area contributed by atoms with Crippen LogP contribution in [0.4, 0.5) is 14.8 Å². The number of hydrogen-bond acceptors (Lipinski definition) is 8. The summed E-state index contributed by atoms with van der Waals surface area (Å²) in [6.45, 7) is 5.02. The molecule has 33 heavy (non-hydrogen) atoms. The number of nitrogens with zero attached hydrogens (tertiary/aromatic N) is 3. The summed E-state index contributed by atoms with van der Waals surface area (Å²) in [7, 11) is 0. The molecule has 0 aromatic carbocycles. The number of carbonyl (C=O) groups is 2. The van der Waals surface area contributed by atoms with E-state index in [1.165, 1.54) is 0 Å². The molecule has 13 heteroatoms. The highest BCUT2D eigenvalue weighted by molar-refractivity contribution is 6.30. The van der Waals surface area contributed by atoms with Crippen LogP contribution >= 0.6 is 11.6 Å². The molecular formula is C20H26ClF2N5O5. The summed E-state index contributed by atoms with van der Waals surface area (Å²) in [5.41, 5.74) is 0.976. The number of imidazole rings is 1. The zero-order chi connectivity index (χ0) is 24.1. The first-order chi connectivity index (χ1) is 15.7. The van der Waals surface area contributed by atoms with Gasteiger partial charge in [-0.2, -0.15) is 4.98 Å². The fourth-order valence-corrected chi connectivity index (χ4v) is 3.76. The highest BCUT2D eigenvalue weighted by Gasteiger charge is 2.35. The molecule has 2 N–H and O–H groups in total. The first-order valence-corrected chi connectivity index (χ1v) is 11.0. The molecule has 1 aliphatic rings. The second-order valence-electron chi connectivity index (χ2n) is 7.42. The van der Waals surface area contributed by atoms with Crippen LogP contribution < -0.4 is 10.2 Å². The van der Waals surface area contributed by atoms with Gasteiger partial charge in [-0.3, -0.25) is 4.79 Å². The van der Waals surface area contributed by atoms with Gasteiger partial charge < -0.3 is 29.1 Å². The molecule has 0 spiro atoms. The number of esters is 1. The number of amides is 1. The molecule has 2 aromatic heterocycles. The Labute approximate surface area is 194 Å². The minimum absolute atomic E-state index is 0.0197. The van der Waals surface area contributed by atoms with E-state index < -0.39 is 37.1 Å². The van der Waals surface area contributed by atoms with Crippen molar-refractivity contribution >= 4 is 29.5 Å². The normalized spacial score (nSPS) is 18.6. The van der Waals surface area contributed by atoms with E-state index in [1.807, 2.05) is 6.92 Å². The number of H-pyrrole nitrogens is 1. The lowest BCUT2D eigenvalue weighted by Crippen LogP contribution is -2.55. The topological polar surface area (TPSA) is 123 Å². The lowest BCUT2D eigenvalue weighted by molar-refractivity contribution is -0.0395. The molecule has 1 aliphatic heterocycles. The third kappa shape index (κ3) is 5.99. The number of piperidine rings is 1. The van der Waals surface area contributed by atoms with Crippen LogP contribution in [0.5, 0.6) is 0 Å². The highest BCUT2D eigenvalue weighted by Crippen LogP contribution is 2.25. The number of ether oxygens (including phenoxy) is 2. The zero-order valence-corrected chi connectivity index (χ0v) is 19.2. The van der Waals surface area contributed by atoms with Crippen LogP contribution in [0.1, 0.15) is 52.8 Å². The number of halogens is 3. The van der Waals surface area contributed by atoms with Crippen LogP contribution in [-0.2, 0) is 15.9 Å². The number of oxazole rings is 1. The average molecular weight is 490 g/mol. The Morgan fingerprint density at radius 1 is 1.36 bits per heavy atom. The van der Waals surface area contributed by atoms with Crippen LogP contribution in [0.15, 0.2) is 4.42 Å². The molecule has 182 valence electrons. The lowest BCUT2D eigenvalue weighted by Gasteiger charge is -2.37. The van der Waals surface area contributed by atoms with Gasteiger partial charge >= 0.3 is 5.97 Å². The molecule has 2 atom stereocenters. The standard InChI is InChI=1S/C20H26ClF2N5O5/c1-4-11-16(21)27-17(25-11)18(29)26-12-6-7-28(8-13(12)32-9-14(22)23)20-24-10(3)15(33-20)19(30)31-5-2/h12-14H,4-9H2,1-3H3,(H,25,27)(H,26,29)/t12-,13+/m0/s1. The molecule has 0 bridgehead atoms. The van der Waals surface area contributed by atoms with Crippen molar-refractivity contribution in [1.82, 2.24) is 20.3 Å². The molecule has 0 radical (unpaired) electrons. The Kier molecular flexibility index (Phi) is 8.25. The van der Waals surface area contributed by atoms with E-state index in [4.69, 9.17) is 25.5 Å². The summed E-state index contributed by atoms with van der Waals surface area (Å²) in [5.74, 6) is -1.13. The fourth-order valence-electron chi connectivity index (χ4n) is 3.49. The number of anilines is 1. The van der Waals surface area contributed by atoms with Crippen LogP contribution in [0.25, 0.3) is 0 Å². The number of aromatic nitrogens is 3. The van der Waals surface area contributed by atoms with Gasteiger partial charge in [-0.25, -0.2) is 18.6 Å². The second-order valence-corrected chi connectivity index (χ2v) is 7.78. The number of alkyl halides is 2. The van der Waals surface area contributed by atoms with E-state index >= 15 is 0 Å². The number of carbonyl (C=O) groups excluding carboxylic acids is 2. The predicted octanol–water partition coefficient (Wildman–Crippen LogP) is 2.76. The quantitative estimate of drug-likeness (QED) is 0.515. The van der Waals surface area contributed by atoms with Gasteiger partial charge in [0.1, 0.15) is 6.61 Å². The summed E-state index contributed by atoms with van der Waals surface area (Å²) >= 11 is 6.00. The summed E-state index contributed by atoms with van der Waals surface area (Å²) < 4.78 is 41.6. The molecule has 3 rings (SSSR count). The summed E-state index contributed by atoms with van der Waals surface area (Å²) in [6.07, 6.45) is -2.54. The molecule has 2 aromatic rings. The monoisotopic (exact) mass is 489 g/mol. The van der Waals surface area contributed by atoms with E-state index in [0.29, 0.717) is 30.8 Å². The van der Waals surface area contributed by atoms with E-state index in [1.54, 1.807) is 18.7 Å². The third-order valence-electron chi connectivity index (χ3n) is 5.13. The maximum atomic E-state index is 12.8. The van der Waals surface area contributed by atoms with Crippen LogP contribution in [0.3, 0.4) is 0 Å². The van der Waals surface area contributed by atoms with Gasteiger partial charge in [0, 0.05) is 6.54 Å². The van der Waals surface area contributed by atoms with Crippen molar-refractivity contribution in [3.05, 3.63) is 28.1 Å². The molecule has 1 amide bonds. The molecular weight excluding hydrogens is 464 g/mol. The molecule has 0 saturated carbocycles. The number of aryl methyl sites for hydroxylation is 2. The van der Waals surface area contributed by atoms with Crippen molar-refractivity contribution in [1.29, 1.82) is 0 Å². The maximum absolute atomic E-state index is 12.8.